The van der Waals surface area contributed by atoms with E-state index in [2.05, 4.69) is 5.32 Å². The summed E-state index contributed by atoms with van der Waals surface area (Å²) in [5.74, 6) is -1.77. The first-order chi connectivity index (χ1) is 6.66. The van der Waals surface area contributed by atoms with Gasteiger partial charge in [0.1, 0.15) is 0 Å². The second kappa shape index (κ2) is 4.11. The van der Waals surface area contributed by atoms with Crippen LogP contribution < -0.4 is 5.32 Å². The first kappa shape index (κ1) is 10.3. The maximum atomic E-state index is 12.5. The van der Waals surface area contributed by atoms with Gasteiger partial charge in [0.15, 0.2) is 0 Å². The molecule has 4 heteroatoms. The van der Waals surface area contributed by atoms with Gasteiger partial charge in [-0.05, 0) is 25.3 Å². The molecule has 82 valence electrons. The van der Waals surface area contributed by atoms with E-state index >= 15 is 0 Å². The highest BCUT2D eigenvalue weighted by Gasteiger charge is 2.44. The maximum absolute atomic E-state index is 12.5. The van der Waals surface area contributed by atoms with E-state index in [0.29, 0.717) is 5.92 Å². The van der Waals surface area contributed by atoms with Crippen LogP contribution in [-0.2, 0) is 4.74 Å². The Morgan fingerprint density at radius 1 is 1.21 bits per heavy atom. The van der Waals surface area contributed by atoms with E-state index in [1.54, 1.807) is 0 Å². The number of hydrogen-bond donors (Lipinski definition) is 1. The fourth-order valence-electron chi connectivity index (χ4n) is 2.09. The van der Waals surface area contributed by atoms with Gasteiger partial charge in [0.2, 0.25) is 0 Å². The van der Waals surface area contributed by atoms with Gasteiger partial charge in [-0.25, -0.2) is 8.78 Å². The third kappa shape index (κ3) is 2.64. The van der Waals surface area contributed by atoms with Crippen LogP contribution in [0.4, 0.5) is 8.78 Å². The molecular formula is C10H17F2NO. The number of ether oxygens (including phenoxy) is 1. The summed E-state index contributed by atoms with van der Waals surface area (Å²) in [6, 6.07) is 0.0489. The van der Waals surface area contributed by atoms with E-state index < -0.39 is 5.92 Å². The molecule has 2 fully saturated rings. The molecule has 1 N–H and O–H groups in total. The van der Waals surface area contributed by atoms with E-state index in [-0.39, 0.29) is 18.9 Å². The van der Waals surface area contributed by atoms with Crippen LogP contribution in [0.15, 0.2) is 0 Å². The zero-order valence-electron chi connectivity index (χ0n) is 8.27. The van der Waals surface area contributed by atoms with Crippen molar-refractivity contribution >= 4 is 0 Å². The summed E-state index contributed by atoms with van der Waals surface area (Å²) in [5, 5.41) is 3.21. The third-order valence-corrected chi connectivity index (χ3v) is 3.13. The van der Waals surface area contributed by atoms with Crippen LogP contribution in [0.5, 0.6) is 0 Å². The number of alkyl halides is 2. The molecule has 0 aromatic rings. The van der Waals surface area contributed by atoms with Gasteiger partial charge < -0.3 is 10.1 Å². The molecule has 0 amide bonds. The van der Waals surface area contributed by atoms with E-state index in [9.17, 15) is 8.78 Å². The summed E-state index contributed by atoms with van der Waals surface area (Å²) in [5.41, 5.74) is 0. The molecule has 2 aliphatic rings. The van der Waals surface area contributed by atoms with Crippen molar-refractivity contribution < 1.29 is 13.5 Å². The molecule has 1 aliphatic carbocycles. The molecule has 1 heterocycles. The monoisotopic (exact) mass is 205 g/mol. The van der Waals surface area contributed by atoms with Crippen LogP contribution in [0.3, 0.4) is 0 Å². The van der Waals surface area contributed by atoms with E-state index in [1.807, 2.05) is 0 Å². The molecule has 1 saturated carbocycles. The summed E-state index contributed by atoms with van der Waals surface area (Å²) < 4.78 is 30.2. The van der Waals surface area contributed by atoms with Gasteiger partial charge in [0.05, 0.1) is 0 Å². The van der Waals surface area contributed by atoms with Crippen molar-refractivity contribution in [3.8, 4) is 0 Å². The minimum Gasteiger partial charge on any atom is -0.381 e. The normalized spacial score (nSPS) is 28.7. The molecule has 2 nitrogen and oxygen atoms in total. The van der Waals surface area contributed by atoms with Crippen LogP contribution in [-0.4, -0.2) is 31.7 Å². The van der Waals surface area contributed by atoms with Crippen molar-refractivity contribution in [1.29, 1.82) is 0 Å². The fourth-order valence-corrected chi connectivity index (χ4v) is 2.09. The lowest BCUT2D eigenvalue weighted by atomic mass is 9.87. The number of rotatable bonds is 3. The second-order valence-corrected chi connectivity index (χ2v) is 4.43. The number of hydrogen-bond acceptors (Lipinski definition) is 2. The van der Waals surface area contributed by atoms with E-state index in [4.69, 9.17) is 4.74 Å². The molecule has 0 bridgehead atoms. The Morgan fingerprint density at radius 2 is 1.86 bits per heavy atom. The van der Waals surface area contributed by atoms with Crippen molar-refractivity contribution in [2.75, 3.05) is 19.8 Å². The molecule has 0 radical (unpaired) electrons. The Hall–Kier alpha value is -0.220. The second-order valence-electron chi connectivity index (χ2n) is 4.43. The molecule has 0 aromatic carbocycles. The lowest BCUT2D eigenvalue weighted by Crippen LogP contribution is -2.49. The fraction of sp³-hybridized carbons (Fsp3) is 1.00. The lowest BCUT2D eigenvalue weighted by molar-refractivity contribution is -0.0937. The van der Waals surface area contributed by atoms with Crippen molar-refractivity contribution in [3.63, 3.8) is 0 Å². The maximum Gasteiger partial charge on any atom is 0.251 e. The number of halogens is 2. The molecule has 0 atom stereocenters. The van der Waals surface area contributed by atoms with Crippen molar-refractivity contribution in [1.82, 2.24) is 5.32 Å². The highest BCUT2D eigenvalue weighted by atomic mass is 19.3. The molecule has 0 unspecified atom stereocenters. The Balaban J connectivity index is 1.59. The SMILES string of the molecule is FC1(F)CC(NCC2CCOCC2)C1. The highest BCUT2D eigenvalue weighted by molar-refractivity contribution is 4.91. The molecule has 1 saturated heterocycles. The van der Waals surface area contributed by atoms with Crippen LogP contribution in [0.1, 0.15) is 25.7 Å². The van der Waals surface area contributed by atoms with Crippen molar-refractivity contribution in [2.45, 2.75) is 37.6 Å². The number of nitrogens with one attached hydrogen (secondary N) is 1. The zero-order chi connectivity index (χ0) is 10.0. The van der Waals surface area contributed by atoms with Gasteiger partial charge >= 0.3 is 0 Å². The first-order valence-electron chi connectivity index (χ1n) is 5.35. The third-order valence-electron chi connectivity index (χ3n) is 3.13. The molecular weight excluding hydrogens is 188 g/mol. The summed E-state index contributed by atoms with van der Waals surface area (Å²) in [6.45, 7) is 2.53. The van der Waals surface area contributed by atoms with Gasteiger partial charge in [-0.15, -0.1) is 0 Å². The van der Waals surface area contributed by atoms with Crippen molar-refractivity contribution in [2.24, 2.45) is 5.92 Å². The Bertz CT molecular complexity index is 185. The predicted molar refractivity (Wildman–Crippen MR) is 49.5 cm³/mol. The average Bonchev–Trinajstić information content (AvgIpc) is 2.13. The zero-order valence-corrected chi connectivity index (χ0v) is 8.27. The van der Waals surface area contributed by atoms with E-state index in [1.165, 1.54) is 0 Å². The van der Waals surface area contributed by atoms with Crippen LogP contribution in [0, 0.1) is 5.92 Å². The molecule has 1 aliphatic heterocycles. The van der Waals surface area contributed by atoms with Gasteiger partial charge in [-0.1, -0.05) is 0 Å². The average molecular weight is 205 g/mol. The summed E-state index contributed by atoms with van der Waals surface area (Å²) in [7, 11) is 0. The molecule has 0 spiro atoms. The Morgan fingerprint density at radius 3 is 2.43 bits per heavy atom. The first-order valence-corrected chi connectivity index (χ1v) is 5.35. The minimum atomic E-state index is -2.40. The van der Waals surface area contributed by atoms with Gasteiger partial charge in [-0.3, -0.25) is 0 Å². The van der Waals surface area contributed by atoms with Crippen LogP contribution in [0.2, 0.25) is 0 Å². The topological polar surface area (TPSA) is 21.3 Å². The minimum absolute atomic E-state index is 0.0240. The standard InChI is InChI=1S/C10H17F2NO/c11-10(12)5-9(6-10)13-7-8-1-3-14-4-2-8/h8-9,13H,1-7H2. The smallest absolute Gasteiger partial charge is 0.251 e. The summed E-state index contributed by atoms with van der Waals surface area (Å²) in [6.07, 6.45) is 2.18. The largest absolute Gasteiger partial charge is 0.381 e. The molecule has 0 aromatic heterocycles. The lowest BCUT2D eigenvalue weighted by Gasteiger charge is -2.36. The van der Waals surface area contributed by atoms with Gasteiger partial charge in [-0.2, -0.15) is 0 Å². The Labute approximate surface area is 83.0 Å². The molecule has 2 rings (SSSR count). The highest BCUT2D eigenvalue weighted by Crippen LogP contribution is 2.37. The predicted octanol–water partition coefficient (Wildman–Crippen LogP) is 1.80. The Kier molecular flexibility index (Phi) is 3.02. The summed E-state index contributed by atoms with van der Waals surface area (Å²) in [4.78, 5) is 0. The van der Waals surface area contributed by atoms with E-state index in [0.717, 1.165) is 32.6 Å². The summed E-state index contributed by atoms with van der Waals surface area (Å²) >= 11 is 0. The van der Waals surface area contributed by atoms with Gasteiger partial charge in [0, 0.05) is 32.1 Å². The van der Waals surface area contributed by atoms with Gasteiger partial charge in [0.25, 0.3) is 5.92 Å². The van der Waals surface area contributed by atoms with Crippen LogP contribution in [0.25, 0.3) is 0 Å². The van der Waals surface area contributed by atoms with Crippen molar-refractivity contribution in [3.05, 3.63) is 0 Å². The van der Waals surface area contributed by atoms with Crippen LogP contribution >= 0.6 is 0 Å². The molecule has 14 heavy (non-hydrogen) atoms. The quantitative estimate of drug-likeness (QED) is 0.758.